The normalized spacial score (nSPS) is 23.2. The first-order valence-electron chi connectivity index (χ1n) is 9.58. The molecule has 1 aromatic carbocycles. The van der Waals surface area contributed by atoms with E-state index < -0.39 is 11.6 Å². The van der Waals surface area contributed by atoms with Gasteiger partial charge >= 0.3 is 6.03 Å². The molecule has 0 aromatic heterocycles. The Hall–Kier alpha value is -2.57. The van der Waals surface area contributed by atoms with Crippen LogP contribution in [0.15, 0.2) is 24.3 Å². The molecule has 1 atom stereocenters. The summed E-state index contributed by atoms with van der Waals surface area (Å²) < 4.78 is 5.16. The maximum absolute atomic E-state index is 13.2. The monoisotopic (exact) mass is 373 g/mol. The number of imide groups is 1. The summed E-state index contributed by atoms with van der Waals surface area (Å²) in [6.45, 7) is 3.03. The van der Waals surface area contributed by atoms with Gasteiger partial charge in [-0.2, -0.15) is 0 Å². The standard InChI is InChI=1S/C20H27N3O4/c1-3-20(15-8-10-16(27-2)11-9-15)18(25)23(19(26)21-20)14-17(24)22-12-6-4-5-7-13-22/h8-11H,3-7,12-14H2,1-2H3,(H,21,26)/t20-/m1/s1. The van der Waals surface area contributed by atoms with Crippen molar-refractivity contribution in [1.29, 1.82) is 0 Å². The summed E-state index contributed by atoms with van der Waals surface area (Å²) in [6.07, 6.45) is 4.57. The van der Waals surface area contributed by atoms with Crippen LogP contribution in [0.2, 0.25) is 0 Å². The van der Waals surface area contributed by atoms with Gasteiger partial charge in [0.1, 0.15) is 17.8 Å². The topological polar surface area (TPSA) is 79.0 Å². The van der Waals surface area contributed by atoms with E-state index in [1.165, 1.54) is 0 Å². The molecule has 0 bridgehead atoms. The minimum atomic E-state index is -1.14. The number of ether oxygens (including phenoxy) is 1. The van der Waals surface area contributed by atoms with E-state index in [0.717, 1.165) is 30.6 Å². The lowest BCUT2D eigenvalue weighted by Gasteiger charge is -2.26. The van der Waals surface area contributed by atoms with Gasteiger partial charge in [0, 0.05) is 13.1 Å². The number of urea groups is 1. The van der Waals surface area contributed by atoms with Crippen molar-refractivity contribution in [2.24, 2.45) is 0 Å². The van der Waals surface area contributed by atoms with Gasteiger partial charge in [-0.25, -0.2) is 4.79 Å². The second-order valence-corrected chi connectivity index (χ2v) is 7.10. The molecule has 0 aliphatic carbocycles. The summed E-state index contributed by atoms with van der Waals surface area (Å²) in [5.41, 5.74) is -0.448. The van der Waals surface area contributed by atoms with E-state index >= 15 is 0 Å². The number of carbonyl (C=O) groups excluding carboxylic acids is 3. The first-order chi connectivity index (χ1) is 13.0. The highest BCUT2D eigenvalue weighted by Crippen LogP contribution is 2.33. The first-order valence-corrected chi connectivity index (χ1v) is 9.58. The van der Waals surface area contributed by atoms with Crippen molar-refractivity contribution in [2.45, 2.75) is 44.6 Å². The number of amides is 4. The molecular formula is C20H27N3O4. The minimum absolute atomic E-state index is 0.165. The van der Waals surface area contributed by atoms with Gasteiger partial charge in [-0.15, -0.1) is 0 Å². The highest BCUT2D eigenvalue weighted by Gasteiger charge is 2.51. The second kappa shape index (κ2) is 7.98. The van der Waals surface area contributed by atoms with E-state index in [-0.39, 0.29) is 18.4 Å². The highest BCUT2D eigenvalue weighted by molar-refractivity contribution is 6.09. The van der Waals surface area contributed by atoms with Crippen molar-refractivity contribution in [3.8, 4) is 5.75 Å². The smallest absolute Gasteiger partial charge is 0.325 e. The summed E-state index contributed by atoms with van der Waals surface area (Å²) in [5.74, 6) is 0.139. The molecule has 2 aliphatic rings. The fraction of sp³-hybridized carbons (Fsp3) is 0.550. The van der Waals surface area contributed by atoms with Crippen molar-refractivity contribution in [3.05, 3.63) is 29.8 Å². The Balaban J connectivity index is 1.78. The van der Waals surface area contributed by atoms with Crippen LogP contribution < -0.4 is 10.1 Å². The highest BCUT2D eigenvalue weighted by atomic mass is 16.5. The Morgan fingerprint density at radius 2 is 1.74 bits per heavy atom. The third kappa shape index (κ3) is 3.63. The van der Waals surface area contributed by atoms with Gasteiger partial charge in [0.05, 0.1) is 7.11 Å². The lowest BCUT2D eigenvalue weighted by Crippen LogP contribution is -2.45. The van der Waals surface area contributed by atoms with Gasteiger partial charge in [0.25, 0.3) is 5.91 Å². The molecule has 7 nitrogen and oxygen atoms in total. The van der Waals surface area contributed by atoms with Crippen LogP contribution in [-0.4, -0.2) is 54.4 Å². The number of rotatable bonds is 5. The van der Waals surface area contributed by atoms with Crippen molar-refractivity contribution in [3.63, 3.8) is 0 Å². The van der Waals surface area contributed by atoms with Crippen LogP contribution in [0, 0.1) is 0 Å². The van der Waals surface area contributed by atoms with E-state index in [1.54, 1.807) is 36.3 Å². The lowest BCUT2D eigenvalue weighted by molar-refractivity contribution is -0.139. The van der Waals surface area contributed by atoms with Gasteiger partial charge in [0.15, 0.2) is 0 Å². The summed E-state index contributed by atoms with van der Waals surface area (Å²) in [4.78, 5) is 41.2. The van der Waals surface area contributed by atoms with Crippen LogP contribution in [0.3, 0.4) is 0 Å². The molecule has 2 aliphatic heterocycles. The minimum Gasteiger partial charge on any atom is -0.497 e. The largest absolute Gasteiger partial charge is 0.497 e. The molecule has 146 valence electrons. The number of carbonyl (C=O) groups is 3. The van der Waals surface area contributed by atoms with Crippen LogP contribution >= 0.6 is 0 Å². The number of hydrogen-bond acceptors (Lipinski definition) is 4. The van der Waals surface area contributed by atoms with E-state index in [0.29, 0.717) is 30.8 Å². The van der Waals surface area contributed by atoms with Gasteiger partial charge in [0.2, 0.25) is 5.91 Å². The average molecular weight is 373 g/mol. The zero-order valence-electron chi connectivity index (χ0n) is 16.0. The SMILES string of the molecule is CC[C@]1(c2ccc(OC)cc2)NC(=O)N(CC(=O)N2CCCCCC2)C1=O. The molecule has 2 heterocycles. The Bertz CT molecular complexity index is 710. The van der Waals surface area contributed by atoms with E-state index in [1.807, 2.05) is 6.92 Å². The fourth-order valence-corrected chi connectivity index (χ4v) is 3.84. The first kappa shape index (κ1) is 19.2. The molecule has 27 heavy (non-hydrogen) atoms. The van der Waals surface area contributed by atoms with Crippen molar-refractivity contribution >= 4 is 17.8 Å². The molecule has 0 unspecified atom stereocenters. The predicted molar refractivity (Wildman–Crippen MR) is 100 cm³/mol. The average Bonchev–Trinajstić information content (AvgIpc) is 2.89. The molecule has 0 spiro atoms. The van der Waals surface area contributed by atoms with Crippen LogP contribution in [0.1, 0.15) is 44.6 Å². The molecular weight excluding hydrogens is 346 g/mol. The van der Waals surface area contributed by atoms with Crippen LogP contribution in [0.5, 0.6) is 5.75 Å². The number of hydrogen-bond donors (Lipinski definition) is 1. The van der Waals surface area contributed by atoms with Crippen LogP contribution in [-0.2, 0) is 15.1 Å². The molecule has 2 saturated heterocycles. The van der Waals surface area contributed by atoms with Crippen molar-refractivity contribution in [2.75, 3.05) is 26.7 Å². The fourth-order valence-electron chi connectivity index (χ4n) is 3.84. The van der Waals surface area contributed by atoms with Gasteiger partial charge < -0.3 is 15.0 Å². The van der Waals surface area contributed by atoms with Gasteiger partial charge in [-0.3, -0.25) is 14.5 Å². The molecule has 4 amide bonds. The number of benzene rings is 1. The number of methoxy groups -OCH3 is 1. The molecule has 7 heteroatoms. The van der Waals surface area contributed by atoms with E-state index in [4.69, 9.17) is 4.74 Å². The van der Waals surface area contributed by atoms with Crippen LogP contribution in [0.25, 0.3) is 0 Å². The molecule has 0 radical (unpaired) electrons. The Kier molecular flexibility index (Phi) is 5.68. The molecule has 2 fully saturated rings. The lowest BCUT2D eigenvalue weighted by atomic mass is 9.87. The summed E-state index contributed by atoms with van der Waals surface area (Å²) in [7, 11) is 1.57. The predicted octanol–water partition coefficient (Wildman–Crippen LogP) is 2.25. The zero-order chi connectivity index (χ0) is 19.4. The molecule has 1 N–H and O–H groups in total. The molecule has 3 rings (SSSR count). The summed E-state index contributed by atoms with van der Waals surface area (Å²) in [5, 5.41) is 2.82. The number of nitrogens with zero attached hydrogens (tertiary/aromatic N) is 2. The van der Waals surface area contributed by atoms with Gasteiger partial charge in [-0.05, 0) is 37.0 Å². The third-order valence-electron chi connectivity index (χ3n) is 5.54. The maximum atomic E-state index is 13.2. The molecule has 0 saturated carbocycles. The quantitative estimate of drug-likeness (QED) is 0.803. The molecule has 1 aromatic rings. The second-order valence-electron chi connectivity index (χ2n) is 7.10. The zero-order valence-corrected chi connectivity index (χ0v) is 16.0. The summed E-state index contributed by atoms with van der Waals surface area (Å²) in [6, 6.07) is 6.57. The maximum Gasteiger partial charge on any atom is 0.325 e. The number of likely N-dealkylation sites (tertiary alicyclic amines) is 1. The van der Waals surface area contributed by atoms with E-state index in [9.17, 15) is 14.4 Å². The summed E-state index contributed by atoms with van der Waals surface area (Å²) >= 11 is 0. The van der Waals surface area contributed by atoms with Crippen molar-refractivity contribution in [1.82, 2.24) is 15.1 Å². The third-order valence-corrected chi connectivity index (χ3v) is 5.54. The Morgan fingerprint density at radius 1 is 1.11 bits per heavy atom. The van der Waals surface area contributed by atoms with Crippen molar-refractivity contribution < 1.29 is 19.1 Å². The van der Waals surface area contributed by atoms with E-state index in [2.05, 4.69) is 5.32 Å². The van der Waals surface area contributed by atoms with Gasteiger partial charge in [-0.1, -0.05) is 31.9 Å². The van der Waals surface area contributed by atoms with Crippen LogP contribution in [0.4, 0.5) is 4.79 Å². The number of nitrogens with one attached hydrogen (secondary N) is 1. The Labute approximate surface area is 159 Å². The Morgan fingerprint density at radius 3 is 2.30 bits per heavy atom.